The van der Waals surface area contributed by atoms with Gasteiger partial charge in [-0.2, -0.15) is 5.10 Å². The molecular weight excluding hydrogens is 450 g/mol. The van der Waals surface area contributed by atoms with Crippen LogP contribution in [0.1, 0.15) is 60.5 Å². The summed E-state index contributed by atoms with van der Waals surface area (Å²) in [6.45, 7) is 6.42. The van der Waals surface area contributed by atoms with Crippen molar-refractivity contribution in [3.63, 3.8) is 0 Å². The number of nitrogens with zero attached hydrogens (tertiary/aromatic N) is 3. The highest BCUT2D eigenvalue weighted by atomic mass is 32.2. The largest absolute Gasteiger partial charge is 0.460 e. The molecule has 1 fully saturated rings. The van der Waals surface area contributed by atoms with Gasteiger partial charge in [0, 0.05) is 48.3 Å². The Morgan fingerprint density at radius 2 is 2.06 bits per heavy atom. The molecule has 8 heteroatoms. The van der Waals surface area contributed by atoms with E-state index < -0.39 is 9.84 Å². The van der Waals surface area contributed by atoms with Crippen molar-refractivity contribution >= 4 is 32.8 Å². The third-order valence-corrected chi connectivity index (χ3v) is 8.41. The van der Waals surface area contributed by atoms with E-state index in [-0.39, 0.29) is 23.5 Å². The Morgan fingerprint density at radius 1 is 1.29 bits per heavy atom. The fourth-order valence-electron chi connectivity index (χ4n) is 4.67. The lowest BCUT2D eigenvalue weighted by Gasteiger charge is -2.16. The molecule has 1 saturated heterocycles. The second-order valence-electron chi connectivity index (χ2n) is 9.22. The van der Waals surface area contributed by atoms with Crippen LogP contribution in [0.3, 0.4) is 0 Å². The van der Waals surface area contributed by atoms with Gasteiger partial charge < -0.3 is 9.32 Å². The Hall–Kier alpha value is -2.87. The Balaban J connectivity index is 1.51. The first-order valence-electron chi connectivity index (χ1n) is 11.9. The number of fused-ring (bicyclic) bond motifs is 1. The summed E-state index contributed by atoms with van der Waals surface area (Å²) in [6.07, 6.45) is 6.98. The van der Waals surface area contributed by atoms with Gasteiger partial charge in [-0.05, 0) is 38.8 Å². The predicted octanol–water partition coefficient (Wildman–Crippen LogP) is 4.62. The minimum absolute atomic E-state index is 0.110. The molecule has 0 spiro atoms. The van der Waals surface area contributed by atoms with Crippen LogP contribution in [-0.4, -0.2) is 47.6 Å². The van der Waals surface area contributed by atoms with Crippen LogP contribution in [0.5, 0.6) is 0 Å². The number of hydrogen-bond acceptors (Lipinski definition) is 5. The second-order valence-corrected chi connectivity index (χ2v) is 11.4. The van der Waals surface area contributed by atoms with Gasteiger partial charge in [0.2, 0.25) is 5.91 Å². The molecule has 3 aromatic rings. The predicted molar refractivity (Wildman–Crippen MR) is 134 cm³/mol. The molecule has 182 valence electrons. The Bertz CT molecular complexity index is 1330. The van der Waals surface area contributed by atoms with Crippen LogP contribution in [-0.2, 0) is 27.6 Å². The molecule has 2 aromatic heterocycles. The van der Waals surface area contributed by atoms with E-state index in [1.807, 2.05) is 48.9 Å². The summed E-state index contributed by atoms with van der Waals surface area (Å²) in [6, 6.07) is 7.77. The number of furan rings is 1. The molecule has 1 aromatic carbocycles. The molecule has 0 radical (unpaired) electrons. The fourth-order valence-corrected chi connectivity index (χ4v) is 6.36. The number of amides is 1. The zero-order valence-corrected chi connectivity index (χ0v) is 21.2. The van der Waals surface area contributed by atoms with Crippen LogP contribution in [0.2, 0.25) is 0 Å². The molecule has 34 heavy (non-hydrogen) atoms. The van der Waals surface area contributed by atoms with Crippen molar-refractivity contribution in [2.24, 2.45) is 0 Å². The van der Waals surface area contributed by atoms with Crippen LogP contribution in [0.15, 0.2) is 34.8 Å². The van der Waals surface area contributed by atoms with Gasteiger partial charge in [0.1, 0.15) is 11.3 Å². The maximum Gasteiger partial charge on any atom is 0.246 e. The van der Waals surface area contributed by atoms with E-state index in [1.165, 1.54) is 0 Å². The molecule has 0 aliphatic carbocycles. The van der Waals surface area contributed by atoms with E-state index in [2.05, 4.69) is 12.0 Å². The molecule has 1 aliphatic heterocycles. The molecule has 1 unspecified atom stereocenters. The molecule has 1 aliphatic rings. The second kappa shape index (κ2) is 9.78. The van der Waals surface area contributed by atoms with Crippen molar-refractivity contribution < 1.29 is 17.6 Å². The molecule has 1 amide bonds. The number of sulfone groups is 1. The van der Waals surface area contributed by atoms with Gasteiger partial charge in [0.15, 0.2) is 9.84 Å². The Labute approximate surface area is 201 Å². The van der Waals surface area contributed by atoms with Crippen molar-refractivity contribution in [1.29, 1.82) is 0 Å². The topological polar surface area (TPSA) is 85.4 Å². The van der Waals surface area contributed by atoms with Crippen molar-refractivity contribution in [2.75, 3.05) is 18.6 Å². The highest BCUT2D eigenvalue weighted by Gasteiger charge is 2.31. The zero-order chi connectivity index (χ0) is 24.5. The number of para-hydroxylation sites is 1. The van der Waals surface area contributed by atoms with Gasteiger partial charge in [0.05, 0.1) is 23.2 Å². The average Bonchev–Trinajstić information content (AvgIpc) is 3.44. The number of benzene rings is 1. The summed E-state index contributed by atoms with van der Waals surface area (Å²) in [5.74, 6) is 1.14. The van der Waals surface area contributed by atoms with Gasteiger partial charge in [-0.25, -0.2) is 8.42 Å². The SMILES string of the molecule is CCCCc1oc2ccccc2c1C=CC(=O)N(C)Cc1c(C)nn(C2CCS(=O)(=O)C2)c1C. The Kier molecular flexibility index (Phi) is 6.98. The van der Waals surface area contributed by atoms with Crippen LogP contribution < -0.4 is 0 Å². The first-order valence-corrected chi connectivity index (χ1v) is 13.7. The average molecular weight is 484 g/mol. The van der Waals surface area contributed by atoms with Gasteiger partial charge in [-0.1, -0.05) is 31.5 Å². The molecule has 0 saturated carbocycles. The quantitative estimate of drug-likeness (QED) is 0.437. The number of rotatable bonds is 8. The van der Waals surface area contributed by atoms with Crippen LogP contribution in [0.25, 0.3) is 17.0 Å². The van der Waals surface area contributed by atoms with E-state index in [0.29, 0.717) is 13.0 Å². The number of aryl methyl sites for hydroxylation is 2. The standard InChI is InChI=1S/C26H33N3O4S/c1-5-6-10-24-22(21-9-7-8-11-25(21)33-24)12-13-26(30)28(4)16-23-18(2)27-29(19(23)3)20-14-15-34(31,32)17-20/h7-9,11-13,20H,5-6,10,14-17H2,1-4H3. The summed E-state index contributed by atoms with van der Waals surface area (Å²) < 4.78 is 31.7. The van der Waals surface area contributed by atoms with E-state index in [0.717, 1.165) is 58.5 Å². The zero-order valence-electron chi connectivity index (χ0n) is 20.4. The van der Waals surface area contributed by atoms with Crippen molar-refractivity contribution in [1.82, 2.24) is 14.7 Å². The van der Waals surface area contributed by atoms with E-state index in [9.17, 15) is 13.2 Å². The van der Waals surface area contributed by atoms with Gasteiger partial charge in [-0.15, -0.1) is 0 Å². The number of unbranched alkanes of at least 4 members (excludes halogenated alkanes) is 1. The minimum Gasteiger partial charge on any atom is -0.460 e. The smallest absolute Gasteiger partial charge is 0.246 e. The van der Waals surface area contributed by atoms with Crippen LogP contribution >= 0.6 is 0 Å². The number of likely N-dealkylation sites (N-methyl/N-ethyl adjacent to an activating group) is 1. The summed E-state index contributed by atoms with van der Waals surface area (Å²) >= 11 is 0. The van der Waals surface area contributed by atoms with E-state index in [4.69, 9.17) is 4.42 Å². The molecular formula is C26H33N3O4S. The summed E-state index contributed by atoms with van der Waals surface area (Å²) in [4.78, 5) is 14.6. The van der Waals surface area contributed by atoms with Crippen molar-refractivity contribution in [3.05, 3.63) is 58.6 Å². The molecule has 1 atom stereocenters. The lowest BCUT2D eigenvalue weighted by atomic mass is 10.1. The third kappa shape index (κ3) is 4.97. The summed E-state index contributed by atoms with van der Waals surface area (Å²) in [7, 11) is -1.22. The number of carbonyl (C=O) groups excluding carboxylic acids is 1. The minimum atomic E-state index is -3.00. The first-order chi connectivity index (χ1) is 16.2. The maximum absolute atomic E-state index is 13.0. The molecule has 0 bridgehead atoms. The summed E-state index contributed by atoms with van der Waals surface area (Å²) in [5.41, 5.74) is 4.51. The highest BCUT2D eigenvalue weighted by Crippen LogP contribution is 2.29. The summed E-state index contributed by atoms with van der Waals surface area (Å²) in [5, 5.41) is 5.63. The van der Waals surface area contributed by atoms with Crippen molar-refractivity contribution in [2.45, 2.75) is 59.0 Å². The number of aromatic nitrogens is 2. The van der Waals surface area contributed by atoms with Gasteiger partial charge >= 0.3 is 0 Å². The number of hydrogen-bond donors (Lipinski definition) is 0. The lowest BCUT2D eigenvalue weighted by molar-refractivity contribution is -0.125. The first kappa shape index (κ1) is 24.3. The van der Waals surface area contributed by atoms with Crippen molar-refractivity contribution in [3.8, 4) is 0 Å². The highest BCUT2D eigenvalue weighted by molar-refractivity contribution is 7.91. The molecule has 4 rings (SSSR count). The van der Waals surface area contributed by atoms with E-state index >= 15 is 0 Å². The molecule has 0 N–H and O–H groups in total. The van der Waals surface area contributed by atoms with Crippen LogP contribution in [0.4, 0.5) is 0 Å². The normalized spacial score (nSPS) is 17.7. The Morgan fingerprint density at radius 3 is 2.76 bits per heavy atom. The fraction of sp³-hybridized carbons (Fsp3) is 0.462. The monoisotopic (exact) mass is 483 g/mol. The maximum atomic E-state index is 13.0. The third-order valence-electron chi connectivity index (χ3n) is 6.66. The van der Waals surface area contributed by atoms with Gasteiger partial charge in [0.25, 0.3) is 0 Å². The van der Waals surface area contributed by atoms with Gasteiger partial charge in [-0.3, -0.25) is 9.48 Å². The molecule has 3 heterocycles. The number of carbonyl (C=O) groups is 1. The lowest BCUT2D eigenvalue weighted by Crippen LogP contribution is -2.25. The van der Waals surface area contributed by atoms with E-state index in [1.54, 1.807) is 18.0 Å². The molecule has 7 nitrogen and oxygen atoms in total. The van der Waals surface area contributed by atoms with Crippen LogP contribution in [0, 0.1) is 13.8 Å².